The average molecular weight is 247 g/mol. The molecule has 1 saturated heterocycles. The Hall–Kier alpha value is -1.51. The fraction of sp³-hybridized carbons (Fsp3) is 0.533. The summed E-state index contributed by atoms with van der Waals surface area (Å²) in [5, 5.41) is 0. The van der Waals surface area contributed by atoms with Gasteiger partial charge in [-0.3, -0.25) is 4.79 Å². The van der Waals surface area contributed by atoms with E-state index in [9.17, 15) is 4.79 Å². The van der Waals surface area contributed by atoms with Gasteiger partial charge in [-0.25, -0.2) is 0 Å². The zero-order valence-corrected chi connectivity index (χ0v) is 11.4. The molecule has 1 fully saturated rings. The topological polar surface area (TPSA) is 29.5 Å². The second kappa shape index (κ2) is 5.42. The van der Waals surface area contributed by atoms with Gasteiger partial charge in [0.1, 0.15) is 0 Å². The van der Waals surface area contributed by atoms with E-state index < -0.39 is 0 Å². The molecule has 1 aromatic rings. The molecule has 0 aromatic heterocycles. The predicted octanol–water partition coefficient (Wildman–Crippen LogP) is 2.56. The lowest BCUT2D eigenvalue weighted by atomic mass is 10.0. The quantitative estimate of drug-likeness (QED) is 0.769. The van der Waals surface area contributed by atoms with E-state index in [0.717, 1.165) is 25.9 Å². The highest BCUT2D eigenvalue weighted by Gasteiger charge is 2.30. The van der Waals surface area contributed by atoms with Crippen LogP contribution in [0.4, 0.5) is 5.69 Å². The molecule has 98 valence electrons. The fourth-order valence-electron chi connectivity index (χ4n) is 2.78. The zero-order chi connectivity index (χ0) is 13.1. The first-order chi connectivity index (χ1) is 8.67. The van der Waals surface area contributed by atoms with E-state index in [1.807, 2.05) is 0 Å². The number of carbonyl (C=O) groups excluding carboxylic acids is 1. The smallest absolute Gasteiger partial charge is 0.310 e. The molecule has 0 bridgehead atoms. The summed E-state index contributed by atoms with van der Waals surface area (Å²) in [6, 6.07) is 6.42. The second-order valence-electron chi connectivity index (χ2n) is 4.89. The molecule has 0 N–H and O–H groups in total. The van der Waals surface area contributed by atoms with Gasteiger partial charge in [-0.15, -0.1) is 0 Å². The first kappa shape index (κ1) is 12.9. The number of methoxy groups -OCH3 is 1. The molecule has 18 heavy (non-hydrogen) atoms. The van der Waals surface area contributed by atoms with Gasteiger partial charge in [0.25, 0.3) is 0 Å². The Bertz CT molecular complexity index is 442. The molecule has 0 saturated carbocycles. The number of hydrogen-bond donors (Lipinski definition) is 0. The van der Waals surface area contributed by atoms with Crippen LogP contribution in [0.3, 0.4) is 0 Å². The molecule has 1 aliphatic heterocycles. The standard InChI is InChI=1S/C15H21NO2/c1-4-12-7-5-6-11(2)14(12)16-9-8-13(10-16)15(17)18-3/h5-7,13H,4,8-10H2,1-3H3. The lowest BCUT2D eigenvalue weighted by Crippen LogP contribution is -2.25. The normalized spacial score (nSPS) is 19.1. The largest absolute Gasteiger partial charge is 0.469 e. The van der Waals surface area contributed by atoms with Crippen molar-refractivity contribution in [1.29, 1.82) is 0 Å². The Morgan fingerprint density at radius 3 is 2.94 bits per heavy atom. The van der Waals surface area contributed by atoms with Crippen molar-refractivity contribution in [3.05, 3.63) is 29.3 Å². The van der Waals surface area contributed by atoms with Crippen LogP contribution in [0.2, 0.25) is 0 Å². The van der Waals surface area contributed by atoms with Gasteiger partial charge in [0.2, 0.25) is 0 Å². The molecule has 3 heteroatoms. The van der Waals surface area contributed by atoms with Crippen molar-refractivity contribution < 1.29 is 9.53 Å². The number of carbonyl (C=O) groups is 1. The Morgan fingerprint density at radius 2 is 2.28 bits per heavy atom. The summed E-state index contributed by atoms with van der Waals surface area (Å²) in [5.74, 6) is -0.0524. The van der Waals surface area contributed by atoms with Crippen LogP contribution in [0.1, 0.15) is 24.5 Å². The minimum absolute atomic E-state index is 0.0271. The summed E-state index contributed by atoms with van der Waals surface area (Å²) >= 11 is 0. The minimum atomic E-state index is -0.0795. The summed E-state index contributed by atoms with van der Waals surface area (Å²) in [7, 11) is 1.47. The average Bonchev–Trinajstić information content (AvgIpc) is 2.86. The SMILES string of the molecule is CCc1cccc(C)c1N1CCC(C(=O)OC)C1. The Kier molecular flexibility index (Phi) is 3.90. The summed E-state index contributed by atoms with van der Waals surface area (Å²) in [5.41, 5.74) is 3.96. The number of para-hydroxylation sites is 1. The van der Waals surface area contributed by atoms with Crippen LogP contribution >= 0.6 is 0 Å². The number of esters is 1. The van der Waals surface area contributed by atoms with Crippen LogP contribution in [0.25, 0.3) is 0 Å². The van der Waals surface area contributed by atoms with Gasteiger partial charge in [-0.1, -0.05) is 25.1 Å². The van der Waals surface area contributed by atoms with Crippen molar-refractivity contribution >= 4 is 11.7 Å². The molecule has 1 heterocycles. The molecule has 2 rings (SSSR count). The maximum absolute atomic E-state index is 11.6. The van der Waals surface area contributed by atoms with Crippen LogP contribution in [-0.2, 0) is 16.0 Å². The third-order valence-electron chi connectivity index (χ3n) is 3.74. The van der Waals surface area contributed by atoms with Crippen molar-refractivity contribution in [3.63, 3.8) is 0 Å². The second-order valence-corrected chi connectivity index (χ2v) is 4.89. The Morgan fingerprint density at radius 1 is 1.50 bits per heavy atom. The number of benzene rings is 1. The predicted molar refractivity (Wildman–Crippen MR) is 72.9 cm³/mol. The van der Waals surface area contributed by atoms with Crippen molar-refractivity contribution in [2.75, 3.05) is 25.1 Å². The van der Waals surface area contributed by atoms with Gasteiger partial charge in [0, 0.05) is 18.8 Å². The van der Waals surface area contributed by atoms with Crippen LogP contribution in [0, 0.1) is 12.8 Å². The van der Waals surface area contributed by atoms with Gasteiger partial charge >= 0.3 is 5.97 Å². The van der Waals surface area contributed by atoms with E-state index in [0.29, 0.717) is 0 Å². The number of aryl methyl sites for hydroxylation is 2. The molecule has 0 radical (unpaired) electrons. The van der Waals surface area contributed by atoms with Crippen molar-refractivity contribution in [2.45, 2.75) is 26.7 Å². The molecular weight excluding hydrogens is 226 g/mol. The molecule has 1 unspecified atom stereocenters. The van der Waals surface area contributed by atoms with Gasteiger partial charge in [-0.2, -0.15) is 0 Å². The zero-order valence-electron chi connectivity index (χ0n) is 11.4. The van der Waals surface area contributed by atoms with Crippen molar-refractivity contribution in [1.82, 2.24) is 0 Å². The minimum Gasteiger partial charge on any atom is -0.469 e. The molecule has 3 nitrogen and oxygen atoms in total. The van der Waals surface area contributed by atoms with E-state index in [1.54, 1.807) is 0 Å². The number of nitrogens with zero attached hydrogens (tertiary/aromatic N) is 1. The first-order valence-corrected chi connectivity index (χ1v) is 6.58. The Balaban J connectivity index is 2.21. The highest BCUT2D eigenvalue weighted by molar-refractivity contribution is 5.74. The molecule has 1 aliphatic rings. The maximum Gasteiger partial charge on any atom is 0.310 e. The molecular formula is C15H21NO2. The number of hydrogen-bond acceptors (Lipinski definition) is 3. The van der Waals surface area contributed by atoms with Crippen LogP contribution in [0.5, 0.6) is 0 Å². The van der Waals surface area contributed by atoms with Gasteiger partial charge in [0.05, 0.1) is 13.0 Å². The van der Waals surface area contributed by atoms with Crippen LogP contribution in [0.15, 0.2) is 18.2 Å². The summed E-state index contributed by atoms with van der Waals surface area (Å²) in [4.78, 5) is 13.9. The van der Waals surface area contributed by atoms with E-state index in [2.05, 4.69) is 36.9 Å². The first-order valence-electron chi connectivity index (χ1n) is 6.58. The summed E-state index contributed by atoms with van der Waals surface area (Å²) < 4.78 is 4.84. The molecule has 0 spiro atoms. The third kappa shape index (κ3) is 2.35. The van der Waals surface area contributed by atoms with Crippen LogP contribution < -0.4 is 4.90 Å². The van der Waals surface area contributed by atoms with Crippen LogP contribution in [-0.4, -0.2) is 26.2 Å². The summed E-state index contributed by atoms with van der Waals surface area (Å²) in [6.45, 7) is 6.04. The summed E-state index contributed by atoms with van der Waals surface area (Å²) in [6.07, 6.45) is 1.92. The van der Waals surface area contributed by atoms with Crippen molar-refractivity contribution in [2.24, 2.45) is 5.92 Å². The number of anilines is 1. The Labute approximate surface area is 109 Å². The van der Waals surface area contributed by atoms with E-state index >= 15 is 0 Å². The molecule has 1 atom stereocenters. The molecule has 1 aromatic carbocycles. The fourth-order valence-corrected chi connectivity index (χ4v) is 2.78. The van der Waals surface area contributed by atoms with E-state index in [4.69, 9.17) is 4.74 Å². The number of rotatable bonds is 3. The third-order valence-corrected chi connectivity index (χ3v) is 3.74. The van der Waals surface area contributed by atoms with Crippen molar-refractivity contribution in [3.8, 4) is 0 Å². The maximum atomic E-state index is 11.6. The van der Waals surface area contributed by atoms with Gasteiger partial charge in [-0.05, 0) is 30.9 Å². The monoisotopic (exact) mass is 247 g/mol. The van der Waals surface area contributed by atoms with Gasteiger partial charge < -0.3 is 9.64 Å². The van der Waals surface area contributed by atoms with E-state index in [-0.39, 0.29) is 11.9 Å². The number of ether oxygens (including phenoxy) is 1. The highest BCUT2D eigenvalue weighted by atomic mass is 16.5. The molecule has 0 amide bonds. The molecule has 0 aliphatic carbocycles. The lowest BCUT2D eigenvalue weighted by molar-refractivity contribution is -0.144. The highest BCUT2D eigenvalue weighted by Crippen LogP contribution is 2.30. The van der Waals surface area contributed by atoms with E-state index in [1.165, 1.54) is 23.9 Å². The van der Waals surface area contributed by atoms with Gasteiger partial charge in [0.15, 0.2) is 0 Å². The lowest BCUT2D eigenvalue weighted by Gasteiger charge is -2.23.